The van der Waals surface area contributed by atoms with Crippen LogP contribution in [0.2, 0.25) is 0 Å². The highest BCUT2D eigenvalue weighted by Crippen LogP contribution is 2.41. The Labute approximate surface area is 214 Å². The fraction of sp³-hybridized carbons (Fsp3) is 0.522. The van der Waals surface area contributed by atoms with Gasteiger partial charge in [-0.3, -0.25) is 0 Å². The van der Waals surface area contributed by atoms with E-state index in [1.54, 1.807) is 0 Å². The van der Waals surface area contributed by atoms with Gasteiger partial charge >= 0.3 is 6.18 Å². The fourth-order valence-corrected chi connectivity index (χ4v) is 6.25. The number of hydrogen-bond acceptors (Lipinski definition) is 7. The standard InChI is InChI=1S/C23H25F5N6O3S/c1-32-21-15(19(31-32)14-9-16(23(26,27)28)18(25)20(35)17(14)24)10-29-22(30-21)33-6-7-34(38(2,36)37)13(11-33)8-12-4-3-5-12/h9-10,12-13,35H,3-8,11H2,1-2H3. The zero-order chi connectivity index (χ0) is 27.6. The van der Waals surface area contributed by atoms with Crippen LogP contribution in [0.15, 0.2) is 12.3 Å². The molecule has 1 unspecified atom stereocenters. The lowest BCUT2D eigenvalue weighted by Crippen LogP contribution is -2.56. The van der Waals surface area contributed by atoms with E-state index in [-0.39, 0.29) is 41.3 Å². The monoisotopic (exact) mass is 560 g/mol. The van der Waals surface area contributed by atoms with Crippen molar-refractivity contribution in [3.8, 4) is 17.0 Å². The largest absolute Gasteiger partial charge is 0.503 e. The number of phenolic OH excluding ortho intramolecular Hbond substituents is 1. The zero-order valence-electron chi connectivity index (χ0n) is 20.5. The minimum absolute atomic E-state index is 0.0927. The molecule has 1 aromatic carbocycles. The molecule has 1 aliphatic heterocycles. The van der Waals surface area contributed by atoms with Gasteiger partial charge in [0, 0.05) is 44.5 Å². The molecule has 0 bridgehead atoms. The molecule has 1 atom stereocenters. The molecule has 206 valence electrons. The number of nitrogens with zero attached hydrogens (tertiary/aromatic N) is 6. The minimum atomic E-state index is -5.18. The highest BCUT2D eigenvalue weighted by Gasteiger charge is 2.39. The Hall–Kier alpha value is -3.07. The highest BCUT2D eigenvalue weighted by atomic mass is 32.2. The molecule has 3 heterocycles. The summed E-state index contributed by atoms with van der Waals surface area (Å²) in [6.45, 7) is 0.920. The lowest BCUT2D eigenvalue weighted by molar-refractivity contribution is -0.140. The topological polar surface area (TPSA) is 104 Å². The molecule has 1 saturated heterocycles. The molecule has 3 aromatic rings. The van der Waals surface area contributed by atoms with Gasteiger partial charge in [0.2, 0.25) is 16.0 Å². The molecule has 2 aromatic heterocycles. The third-order valence-electron chi connectivity index (χ3n) is 7.27. The summed E-state index contributed by atoms with van der Waals surface area (Å²) in [5, 5.41) is 13.9. The van der Waals surface area contributed by atoms with E-state index in [2.05, 4.69) is 15.1 Å². The first-order valence-electron chi connectivity index (χ1n) is 12.0. The van der Waals surface area contributed by atoms with Gasteiger partial charge in [-0.15, -0.1) is 0 Å². The van der Waals surface area contributed by atoms with Crippen molar-refractivity contribution in [3.63, 3.8) is 0 Å². The van der Waals surface area contributed by atoms with Crippen LogP contribution >= 0.6 is 0 Å². The van der Waals surface area contributed by atoms with Gasteiger partial charge in [0.05, 0.1) is 17.2 Å². The van der Waals surface area contributed by atoms with E-state index in [4.69, 9.17) is 0 Å². The molecule has 1 N–H and O–H groups in total. The second-order valence-electron chi connectivity index (χ2n) is 9.83. The molecule has 0 radical (unpaired) electrons. The third kappa shape index (κ3) is 4.65. The van der Waals surface area contributed by atoms with Crippen LogP contribution in [-0.2, 0) is 23.2 Å². The number of halogens is 5. The van der Waals surface area contributed by atoms with E-state index in [0.29, 0.717) is 19.0 Å². The van der Waals surface area contributed by atoms with E-state index in [1.807, 2.05) is 4.90 Å². The van der Waals surface area contributed by atoms with Crippen LogP contribution in [0.5, 0.6) is 5.75 Å². The Morgan fingerprint density at radius 3 is 2.47 bits per heavy atom. The number of aromatic nitrogens is 4. The predicted octanol–water partition coefficient (Wildman–Crippen LogP) is 3.67. The number of fused-ring (bicyclic) bond motifs is 1. The first-order valence-corrected chi connectivity index (χ1v) is 13.8. The van der Waals surface area contributed by atoms with Crippen molar-refractivity contribution in [2.24, 2.45) is 13.0 Å². The first kappa shape index (κ1) is 26.5. The van der Waals surface area contributed by atoms with Crippen molar-refractivity contribution >= 4 is 27.0 Å². The summed E-state index contributed by atoms with van der Waals surface area (Å²) >= 11 is 0. The van der Waals surface area contributed by atoms with Crippen molar-refractivity contribution in [3.05, 3.63) is 29.5 Å². The number of sulfonamides is 1. The van der Waals surface area contributed by atoms with E-state index in [1.165, 1.54) is 28.5 Å². The summed E-state index contributed by atoms with van der Waals surface area (Å²) in [5.74, 6) is -4.74. The van der Waals surface area contributed by atoms with E-state index >= 15 is 0 Å². The molecular weight excluding hydrogens is 535 g/mol. The molecule has 15 heteroatoms. The molecule has 0 amide bonds. The molecule has 9 nitrogen and oxygen atoms in total. The average molecular weight is 561 g/mol. The minimum Gasteiger partial charge on any atom is -0.503 e. The second kappa shape index (κ2) is 9.29. The number of benzene rings is 1. The maximum absolute atomic E-state index is 14.7. The van der Waals surface area contributed by atoms with Crippen LogP contribution in [-0.4, -0.2) is 69.5 Å². The van der Waals surface area contributed by atoms with Crippen molar-refractivity contribution in [2.45, 2.75) is 37.9 Å². The Kier molecular flexibility index (Phi) is 6.49. The molecule has 1 saturated carbocycles. The molecule has 0 spiro atoms. The summed E-state index contributed by atoms with van der Waals surface area (Å²) in [5.41, 5.74) is -2.70. The van der Waals surface area contributed by atoms with Crippen LogP contribution in [0.3, 0.4) is 0 Å². The van der Waals surface area contributed by atoms with Crippen molar-refractivity contribution in [2.75, 3.05) is 30.8 Å². The van der Waals surface area contributed by atoms with E-state index in [0.717, 1.165) is 25.7 Å². The maximum Gasteiger partial charge on any atom is 0.419 e. The number of rotatable bonds is 5. The summed E-state index contributed by atoms with van der Waals surface area (Å²) < 4.78 is 96.1. The van der Waals surface area contributed by atoms with Gasteiger partial charge in [-0.2, -0.15) is 27.6 Å². The van der Waals surface area contributed by atoms with Gasteiger partial charge in [-0.25, -0.2) is 26.9 Å². The van der Waals surface area contributed by atoms with Gasteiger partial charge < -0.3 is 10.0 Å². The quantitative estimate of drug-likeness (QED) is 0.475. The summed E-state index contributed by atoms with van der Waals surface area (Å²) in [4.78, 5) is 10.6. The number of anilines is 1. The van der Waals surface area contributed by atoms with Crippen LogP contribution in [0.1, 0.15) is 31.2 Å². The van der Waals surface area contributed by atoms with Gasteiger partial charge in [-0.05, 0) is 18.4 Å². The van der Waals surface area contributed by atoms with E-state index in [9.17, 15) is 35.5 Å². The maximum atomic E-state index is 14.7. The van der Waals surface area contributed by atoms with Crippen LogP contribution in [0.25, 0.3) is 22.3 Å². The predicted molar refractivity (Wildman–Crippen MR) is 128 cm³/mol. The molecule has 2 fully saturated rings. The van der Waals surface area contributed by atoms with Gasteiger partial charge in [0.25, 0.3) is 0 Å². The zero-order valence-corrected chi connectivity index (χ0v) is 21.3. The van der Waals surface area contributed by atoms with Gasteiger partial charge in [0.1, 0.15) is 5.69 Å². The first-order chi connectivity index (χ1) is 17.8. The smallest absolute Gasteiger partial charge is 0.419 e. The summed E-state index contributed by atoms with van der Waals surface area (Å²) in [6.07, 6.45) is 1.24. The lowest BCUT2D eigenvalue weighted by atomic mass is 9.80. The Bertz CT molecular complexity index is 1510. The molecule has 1 aliphatic carbocycles. The number of phenols is 1. The molecule has 5 rings (SSSR count). The third-order valence-corrected chi connectivity index (χ3v) is 8.61. The van der Waals surface area contributed by atoms with Gasteiger partial charge in [0.15, 0.2) is 23.0 Å². The SMILES string of the molecule is Cn1nc(-c2cc(C(F)(F)F)c(F)c(O)c2F)c2cnc(N3CCN(S(C)(=O)=O)C(CC4CCC4)C3)nc21. The second-order valence-corrected chi connectivity index (χ2v) is 11.8. The Balaban J connectivity index is 1.51. The van der Waals surface area contributed by atoms with Crippen molar-refractivity contribution < 1.29 is 35.5 Å². The Morgan fingerprint density at radius 1 is 1.16 bits per heavy atom. The number of alkyl halides is 3. The molecular formula is C23H25F5N6O3S. The number of piperazine rings is 1. The lowest BCUT2D eigenvalue weighted by Gasteiger charge is -2.42. The summed E-state index contributed by atoms with van der Waals surface area (Å²) in [7, 11) is -1.96. The number of aromatic hydroxyl groups is 1. The summed E-state index contributed by atoms with van der Waals surface area (Å²) in [6, 6.07) is -0.00210. The Morgan fingerprint density at radius 2 is 1.87 bits per heavy atom. The normalized spacial score (nSPS) is 19.8. The van der Waals surface area contributed by atoms with Crippen molar-refractivity contribution in [1.82, 2.24) is 24.1 Å². The fourth-order valence-electron chi connectivity index (χ4n) is 5.14. The van der Waals surface area contributed by atoms with Gasteiger partial charge in [-0.1, -0.05) is 19.3 Å². The molecule has 38 heavy (non-hydrogen) atoms. The van der Waals surface area contributed by atoms with Crippen LogP contribution in [0.4, 0.5) is 27.9 Å². The number of hydrogen-bond donors (Lipinski definition) is 1. The average Bonchev–Trinajstić information content (AvgIpc) is 3.14. The molecule has 2 aliphatic rings. The highest BCUT2D eigenvalue weighted by molar-refractivity contribution is 7.88. The number of aryl methyl sites for hydroxylation is 1. The van der Waals surface area contributed by atoms with Crippen molar-refractivity contribution in [1.29, 1.82) is 0 Å². The van der Waals surface area contributed by atoms with Crippen LogP contribution in [0, 0.1) is 17.6 Å². The van der Waals surface area contributed by atoms with E-state index < -0.39 is 44.7 Å². The van der Waals surface area contributed by atoms with Crippen LogP contribution < -0.4 is 4.90 Å².